The summed E-state index contributed by atoms with van der Waals surface area (Å²) in [5.74, 6) is 0.793. The van der Waals surface area contributed by atoms with Crippen LogP contribution in [0.15, 0.2) is 46.3 Å². The van der Waals surface area contributed by atoms with Gasteiger partial charge in [-0.3, -0.25) is 9.98 Å². The van der Waals surface area contributed by atoms with E-state index in [-0.39, 0.29) is 24.0 Å². The Morgan fingerprint density at radius 3 is 2.74 bits per heavy atom. The molecule has 0 aliphatic heterocycles. The van der Waals surface area contributed by atoms with E-state index >= 15 is 0 Å². The highest BCUT2D eigenvalue weighted by molar-refractivity contribution is 14.0. The van der Waals surface area contributed by atoms with Crippen LogP contribution in [0.3, 0.4) is 0 Å². The zero-order valence-corrected chi connectivity index (χ0v) is 16.5. The van der Waals surface area contributed by atoms with Crippen molar-refractivity contribution >= 4 is 41.3 Å². The molecule has 5 nitrogen and oxygen atoms in total. The average Bonchev–Trinajstić information content (AvgIpc) is 3.04. The van der Waals surface area contributed by atoms with E-state index in [1.54, 1.807) is 23.7 Å². The van der Waals surface area contributed by atoms with Crippen molar-refractivity contribution in [2.24, 2.45) is 4.99 Å². The zero-order valence-electron chi connectivity index (χ0n) is 13.3. The second-order valence-electron chi connectivity index (χ2n) is 4.98. The molecule has 0 radical (unpaired) electrons. The van der Waals surface area contributed by atoms with Crippen LogP contribution in [0.2, 0.25) is 0 Å². The van der Waals surface area contributed by atoms with E-state index in [0.29, 0.717) is 6.54 Å². The Bertz CT molecular complexity index is 577. The summed E-state index contributed by atoms with van der Waals surface area (Å²) >= 11 is 1.69. The summed E-state index contributed by atoms with van der Waals surface area (Å²) in [5, 5.41) is 17.7. The van der Waals surface area contributed by atoms with E-state index < -0.39 is 6.10 Å². The van der Waals surface area contributed by atoms with Crippen molar-refractivity contribution in [3.63, 3.8) is 0 Å². The van der Waals surface area contributed by atoms with Crippen LogP contribution in [-0.4, -0.2) is 41.1 Å². The number of nitrogens with zero attached hydrogens (tertiary/aromatic N) is 3. The first-order chi connectivity index (χ1) is 10.7. The summed E-state index contributed by atoms with van der Waals surface area (Å²) in [6, 6.07) is 5.72. The number of hydrogen-bond donors (Lipinski definition) is 2. The number of aliphatic hydroxyl groups is 1. The number of pyridine rings is 1. The SMILES string of the molecule is CCNC(=NCC(O)c1ccncc1)N(C)Cc1ccsc1.I. The van der Waals surface area contributed by atoms with E-state index in [0.717, 1.165) is 24.6 Å². The highest BCUT2D eigenvalue weighted by Gasteiger charge is 2.10. The van der Waals surface area contributed by atoms with Crippen molar-refractivity contribution in [1.29, 1.82) is 0 Å². The number of rotatable bonds is 6. The molecule has 2 aromatic heterocycles. The summed E-state index contributed by atoms with van der Waals surface area (Å²) < 4.78 is 0. The second-order valence-corrected chi connectivity index (χ2v) is 5.76. The van der Waals surface area contributed by atoms with Crippen LogP contribution in [-0.2, 0) is 6.54 Å². The Balaban J connectivity index is 0.00000264. The van der Waals surface area contributed by atoms with Crippen molar-refractivity contribution < 1.29 is 5.11 Å². The summed E-state index contributed by atoms with van der Waals surface area (Å²) in [6.07, 6.45) is 2.73. The first-order valence-corrected chi connectivity index (χ1v) is 8.23. The van der Waals surface area contributed by atoms with Gasteiger partial charge in [0.2, 0.25) is 0 Å². The van der Waals surface area contributed by atoms with E-state index in [9.17, 15) is 5.11 Å². The zero-order chi connectivity index (χ0) is 15.8. The fourth-order valence-electron chi connectivity index (χ4n) is 2.06. The number of aliphatic imine (C=N–C) groups is 1. The van der Waals surface area contributed by atoms with Crippen LogP contribution >= 0.6 is 35.3 Å². The third-order valence-corrected chi connectivity index (χ3v) is 3.93. The number of nitrogens with one attached hydrogen (secondary N) is 1. The fraction of sp³-hybridized carbons (Fsp3) is 0.375. The maximum Gasteiger partial charge on any atom is 0.194 e. The van der Waals surface area contributed by atoms with Crippen molar-refractivity contribution in [2.75, 3.05) is 20.1 Å². The molecule has 1 unspecified atom stereocenters. The van der Waals surface area contributed by atoms with Crippen molar-refractivity contribution in [2.45, 2.75) is 19.6 Å². The molecule has 0 saturated heterocycles. The molecule has 23 heavy (non-hydrogen) atoms. The van der Waals surface area contributed by atoms with Gasteiger partial charge < -0.3 is 15.3 Å². The van der Waals surface area contributed by atoms with E-state index in [1.807, 2.05) is 26.1 Å². The highest BCUT2D eigenvalue weighted by atomic mass is 127. The number of aromatic nitrogens is 1. The van der Waals surface area contributed by atoms with Crippen molar-refractivity contribution in [3.8, 4) is 0 Å². The molecule has 0 fully saturated rings. The summed E-state index contributed by atoms with van der Waals surface area (Å²) in [7, 11) is 2.00. The van der Waals surface area contributed by atoms with Crippen molar-refractivity contribution in [3.05, 3.63) is 52.5 Å². The standard InChI is InChI=1S/C16H22N4OS.HI/c1-3-18-16(20(2)11-13-6-9-22-12-13)19-10-15(21)14-4-7-17-8-5-14;/h4-9,12,15,21H,3,10-11H2,1-2H3,(H,18,19);1H. The Kier molecular flexibility index (Phi) is 9.12. The highest BCUT2D eigenvalue weighted by Crippen LogP contribution is 2.12. The summed E-state index contributed by atoms with van der Waals surface area (Å²) in [4.78, 5) is 10.6. The van der Waals surface area contributed by atoms with Crippen LogP contribution in [0, 0.1) is 0 Å². The quantitative estimate of drug-likeness (QED) is 0.407. The molecule has 0 spiro atoms. The number of guanidine groups is 1. The first-order valence-electron chi connectivity index (χ1n) is 7.29. The molecule has 2 aromatic rings. The van der Waals surface area contributed by atoms with Gasteiger partial charge >= 0.3 is 0 Å². The summed E-state index contributed by atoms with van der Waals surface area (Å²) in [5.41, 5.74) is 2.09. The largest absolute Gasteiger partial charge is 0.386 e. The molecule has 2 heterocycles. The minimum absolute atomic E-state index is 0. The topological polar surface area (TPSA) is 60.8 Å². The lowest BCUT2D eigenvalue weighted by Crippen LogP contribution is -2.38. The molecular formula is C16H23IN4OS. The Hall–Kier alpha value is -1.19. The molecule has 0 aliphatic carbocycles. The van der Waals surface area contributed by atoms with Crippen LogP contribution < -0.4 is 5.32 Å². The normalized spacial score (nSPS) is 12.4. The monoisotopic (exact) mass is 446 g/mol. The van der Waals surface area contributed by atoms with Gasteiger partial charge in [0.25, 0.3) is 0 Å². The van der Waals surface area contributed by atoms with Gasteiger partial charge in [-0.2, -0.15) is 11.3 Å². The molecule has 0 saturated carbocycles. The number of thiophene rings is 1. The lowest BCUT2D eigenvalue weighted by molar-refractivity contribution is 0.186. The maximum absolute atomic E-state index is 10.2. The molecule has 0 bridgehead atoms. The Morgan fingerprint density at radius 1 is 1.39 bits per heavy atom. The van der Waals surface area contributed by atoms with E-state index in [4.69, 9.17) is 0 Å². The minimum Gasteiger partial charge on any atom is -0.386 e. The molecule has 0 aromatic carbocycles. The van der Waals surface area contributed by atoms with Gasteiger partial charge in [0.15, 0.2) is 5.96 Å². The van der Waals surface area contributed by atoms with Gasteiger partial charge in [0.05, 0.1) is 12.6 Å². The van der Waals surface area contributed by atoms with Gasteiger partial charge in [0.1, 0.15) is 0 Å². The molecule has 1 atom stereocenters. The molecule has 2 rings (SSSR count). The first kappa shape index (κ1) is 19.9. The number of hydrogen-bond acceptors (Lipinski definition) is 4. The summed E-state index contributed by atoms with van der Waals surface area (Å²) in [6.45, 7) is 3.94. The predicted octanol–water partition coefficient (Wildman–Crippen LogP) is 2.89. The average molecular weight is 446 g/mol. The van der Waals surface area contributed by atoms with Crippen LogP contribution in [0.5, 0.6) is 0 Å². The number of aliphatic hydroxyl groups excluding tert-OH is 1. The van der Waals surface area contributed by atoms with Crippen LogP contribution in [0.25, 0.3) is 0 Å². The Morgan fingerprint density at radius 2 is 2.13 bits per heavy atom. The van der Waals surface area contributed by atoms with Gasteiger partial charge in [0, 0.05) is 32.5 Å². The maximum atomic E-state index is 10.2. The minimum atomic E-state index is -0.619. The van der Waals surface area contributed by atoms with Gasteiger partial charge in [-0.15, -0.1) is 24.0 Å². The van der Waals surface area contributed by atoms with E-state index in [1.165, 1.54) is 5.56 Å². The lowest BCUT2D eigenvalue weighted by atomic mass is 10.1. The third kappa shape index (κ3) is 6.44. The van der Waals surface area contributed by atoms with Gasteiger partial charge in [-0.25, -0.2) is 0 Å². The lowest BCUT2D eigenvalue weighted by Gasteiger charge is -2.22. The van der Waals surface area contributed by atoms with Gasteiger partial charge in [-0.05, 0) is 47.0 Å². The van der Waals surface area contributed by atoms with E-state index in [2.05, 4.69) is 37.0 Å². The molecule has 0 aliphatic rings. The van der Waals surface area contributed by atoms with Crippen molar-refractivity contribution in [1.82, 2.24) is 15.2 Å². The molecule has 2 N–H and O–H groups in total. The van der Waals surface area contributed by atoms with Crippen LogP contribution in [0.4, 0.5) is 0 Å². The van der Waals surface area contributed by atoms with Crippen LogP contribution in [0.1, 0.15) is 24.2 Å². The molecular weight excluding hydrogens is 423 g/mol. The molecule has 7 heteroatoms. The molecule has 126 valence electrons. The number of halogens is 1. The predicted molar refractivity (Wildman–Crippen MR) is 106 cm³/mol. The fourth-order valence-corrected chi connectivity index (χ4v) is 2.72. The second kappa shape index (κ2) is 10.6. The van der Waals surface area contributed by atoms with Gasteiger partial charge in [-0.1, -0.05) is 0 Å². The smallest absolute Gasteiger partial charge is 0.194 e. The molecule has 0 amide bonds. The Labute approximate surface area is 158 Å². The third-order valence-electron chi connectivity index (χ3n) is 3.20.